The molecular weight excluding hydrogens is 322 g/mol. The van der Waals surface area contributed by atoms with Crippen molar-refractivity contribution in [2.75, 3.05) is 11.9 Å². The molecule has 0 saturated carbocycles. The minimum atomic E-state index is 0.814. The van der Waals surface area contributed by atoms with E-state index in [1.54, 1.807) is 17.5 Å². The molecule has 0 fully saturated rings. The third-order valence-electron chi connectivity index (χ3n) is 2.81. The fourth-order valence-corrected chi connectivity index (χ4v) is 3.36. The van der Waals surface area contributed by atoms with Crippen molar-refractivity contribution < 1.29 is 0 Å². The zero-order valence-electron chi connectivity index (χ0n) is 10.4. The van der Waals surface area contributed by atoms with Gasteiger partial charge in [0.2, 0.25) is 0 Å². The Morgan fingerprint density at radius 1 is 1.32 bits per heavy atom. The van der Waals surface area contributed by atoms with E-state index < -0.39 is 0 Å². The van der Waals surface area contributed by atoms with E-state index in [4.69, 9.17) is 0 Å². The van der Waals surface area contributed by atoms with Gasteiger partial charge in [-0.25, -0.2) is 4.98 Å². The fraction of sp³-hybridized carbons (Fsp3) is 0.143. The first-order chi connectivity index (χ1) is 9.22. The first-order valence-corrected chi connectivity index (χ1v) is 7.49. The van der Waals surface area contributed by atoms with Crippen LogP contribution >= 0.6 is 27.3 Å². The van der Waals surface area contributed by atoms with Crippen LogP contribution in [0, 0.1) is 0 Å². The van der Waals surface area contributed by atoms with E-state index in [9.17, 15) is 0 Å². The number of anilines is 1. The molecule has 96 valence electrons. The Kier molecular flexibility index (Phi) is 3.48. The van der Waals surface area contributed by atoms with Gasteiger partial charge in [0, 0.05) is 30.5 Å². The lowest BCUT2D eigenvalue weighted by Crippen LogP contribution is -2.15. The molecule has 0 unspecified atom stereocenters. The van der Waals surface area contributed by atoms with Gasteiger partial charge in [-0.1, -0.05) is 33.3 Å². The number of hydrogen-bond acceptors (Lipinski definition) is 4. The van der Waals surface area contributed by atoms with Gasteiger partial charge in [-0.05, 0) is 29.8 Å². The van der Waals surface area contributed by atoms with Crippen molar-refractivity contribution in [3.8, 4) is 0 Å². The highest BCUT2D eigenvalue weighted by Crippen LogP contribution is 2.30. The van der Waals surface area contributed by atoms with Crippen molar-refractivity contribution >= 4 is 42.6 Å². The smallest absolute Gasteiger partial charge is 0.186 e. The minimum absolute atomic E-state index is 0.814. The molecular formula is C14H12BrN3S. The van der Waals surface area contributed by atoms with Crippen molar-refractivity contribution in [3.63, 3.8) is 0 Å². The van der Waals surface area contributed by atoms with Crippen LogP contribution in [0.4, 0.5) is 5.13 Å². The molecule has 0 amide bonds. The molecule has 19 heavy (non-hydrogen) atoms. The van der Waals surface area contributed by atoms with Crippen LogP contribution in [0.15, 0.2) is 47.2 Å². The van der Waals surface area contributed by atoms with Crippen LogP contribution in [0.5, 0.6) is 0 Å². The van der Waals surface area contributed by atoms with Gasteiger partial charge in [-0.3, -0.25) is 4.98 Å². The number of fused-ring (bicyclic) bond motifs is 1. The van der Waals surface area contributed by atoms with Gasteiger partial charge in [0.1, 0.15) is 0 Å². The van der Waals surface area contributed by atoms with Crippen LogP contribution < -0.4 is 4.90 Å². The number of halogens is 1. The normalized spacial score (nSPS) is 10.8. The van der Waals surface area contributed by atoms with E-state index in [-0.39, 0.29) is 0 Å². The molecule has 0 N–H and O–H groups in total. The quantitative estimate of drug-likeness (QED) is 0.722. The molecule has 1 aromatic carbocycles. The Hall–Kier alpha value is -1.46. The highest BCUT2D eigenvalue weighted by molar-refractivity contribution is 9.10. The number of benzene rings is 1. The molecule has 0 aliphatic heterocycles. The van der Waals surface area contributed by atoms with E-state index >= 15 is 0 Å². The molecule has 0 aliphatic carbocycles. The maximum absolute atomic E-state index is 4.65. The molecule has 0 saturated heterocycles. The summed E-state index contributed by atoms with van der Waals surface area (Å²) >= 11 is 5.19. The second kappa shape index (κ2) is 5.27. The molecule has 0 aliphatic rings. The van der Waals surface area contributed by atoms with E-state index in [1.807, 2.05) is 24.4 Å². The Morgan fingerprint density at radius 3 is 3.00 bits per heavy atom. The Labute approximate surface area is 124 Å². The lowest BCUT2D eigenvalue weighted by molar-refractivity contribution is 0.910. The zero-order chi connectivity index (χ0) is 13.2. The monoisotopic (exact) mass is 333 g/mol. The van der Waals surface area contributed by atoms with Crippen molar-refractivity contribution in [1.82, 2.24) is 9.97 Å². The Balaban J connectivity index is 1.87. The summed E-state index contributed by atoms with van der Waals surface area (Å²) in [5.74, 6) is 0. The van der Waals surface area contributed by atoms with E-state index in [2.05, 4.69) is 50.0 Å². The molecule has 0 bridgehead atoms. The van der Waals surface area contributed by atoms with Crippen LogP contribution in [-0.4, -0.2) is 17.0 Å². The van der Waals surface area contributed by atoms with Crippen molar-refractivity contribution in [3.05, 3.63) is 52.8 Å². The van der Waals surface area contributed by atoms with Crippen LogP contribution in [0.3, 0.4) is 0 Å². The minimum Gasteiger partial charge on any atom is -0.347 e. The molecule has 0 spiro atoms. The number of hydrogen-bond donors (Lipinski definition) is 0. The van der Waals surface area contributed by atoms with Gasteiger partial charge in [-0.2, -0.15) is 0 Å². The number of pyridine rings is 1. The molecule has 2 aromatic heterocycles. The summed E-state index contributed by atoms with van der Waals surface area (Å²) in [6.07, 6.45) is 3.68. The first-order valence-electron chi connectivity index (χ1n) is 5.88. The summed E-state index contributed by atoms with van der Waals surface area (Å²) in [6, 6.07) is 10.2. The maximum Gasteiger partial charge on any atom is 0.186 e. The van der Waals surface area contributed by atoms with Crippen LogP contribution in [0.25, 0.3) is 10.2 Å². The summed E-state index contributed by atoms with van der Waals surface area (Å²) in [7, 11) is 2.06. The number of rotatable bonds is 3. The Morgan fingerprint density at radius 2 is 2.21 bits per heavy atom. The van der Waals surface area contributed by atoms with Crippen LogP contribution in [0.2, 0.25) is 0 Å². The van der Waals surface area contributed by atoms with Crippen molar-refractivity contribution in [1.29, 1.82) is 0 Å². The highest BCUT2D eigenvalue weighted by Gasteiger charge is 2.09. The molecule has 3 rings (SSSR count). The van der Waals surface area contributed by atoms with E-state index in [0.717, 1.165) is 21.7 Å². The molecule has 5 heteroatoms. The number of thiazole rings is 1. The SMILES string of the molecule is CN(Cc1cccnc1)c1nc2ccc(Br)cc2s1. The summed E-state index contributed by atoms with van der Waals surface area (Å²) < 4.78 is 2.28. The molecule has 0 radical (unpaired) electrons. The highest BCUT2D eigenvalue weighted by atomic mass is 79.9. The van der Waals surface area contributed by atoms with Gasteiger partial charge in [0.15, 0.2) is 5.13 Å². The van der Waals surface area contributed by atoms with Gasteiger partial charge in [-0.15, -0.1) is 0 Å². The fourth-order valence-electron chi connectivity index (χ4n) is 1.88. The predicted molar refractivity (Wildman–Crippen MR) is 83.7 cm³/mol. The molecule has 3 aromatic rings. The number of nitrogens with zero attached hydrogens (tertiary/aromatic N) is 3. The summed E-state index contributed by atoms with van der Waals surface area (Å²) in [5, 5.41) is 1.02. The van der Waals surface area contributed by atoms with Crippen molar-refractivity contribution in [2.45, 2.75) is 6.54 Å². The van der Waals surface area contributed by atoms with E-state index in [0.29, 0.717) is 0 Å². The first kappa shape index (κ1) is 12.6. The summed E-state index contributed by atoms with van der Waals surface area (Å²) in [6.45, 7) is 0.814. The van der Waals surface area contributed by atoms with Gasteiger partial charge < -0.3 is 4.90 Å². The Bertz CT molecular complexity index is 696. The molecule has 0 atom stereocenters. The lowest BCUT2D eigenvalue weighted by atomic mass is 10.3. The predicted octanol–water partition coefficient (Wildman–Crippen LogP) is 4.09. The third-order valence-corrected chi connectivity index (χ3v) is 4.43. The second-order valence-corrected chi connectivity index (χ2v) is 6.25. The summed E-state index contributed by atoms with van der Waals surface area (Å²) in [4.78, 5) is 10.9. The standard InChI is InChI=1S/C14H12BrN3S/c1-18(9-10-3-2-6-16-8-10)14-17-12-5-4-11(15)7-13(12)19-14/h2-8H,9H2,1H3. The topological polar surface area (TPSA) is 29.0 Å². The average Bonchev–Trinajstić information content (AvgIpc) is 2.83. The van der Waals surface area contributed by atoms with E-state index in [1.165, 1.54) is 10.3 Å². The molecule has 3 nitrogen and oxygen atoms in total. The summed E-state index contributed by atoms with van der Waals surface area (Å²) in [5.41, 5.74) is 2.23. The average molecular weight is 334 g/mol. The largest absolute Gasteiger partial charge is 0.347 e. The number of aromatic nitrogens is 2. The van der Waals surface area contributed by atoms with Gasteiger partial charge in [0.25, 0.3) is 0 Å². The molecule has 2 heterocycles. The van der Waals surface area contributed by atoms with Crippen LogP contribution in [0.1, 0.15) is 5.56 Å². The third kappa shape index (κ3) is 2.77. The van der Waals surface area contributed by atoms with Crippen molar-refractivity contribution in [2.24, 2.45) is 0 Å². The maximum atomic E-state index is 4.65. The zero-order valence-corrected chi connectivity index (χ0v) is 12.8. The van der Waals surface area contributed by atoms with Crippen LogP contribution in [-0.2, 0) is 6.54 Å². The van der Waals surface area contributed by atoms with Gasteiger partial charge >= 0.3 is 0 Å². The lowest BCUT2D eigenvalue weighted by Gasteiger charge is -2.14. The van der Waals surface area contributed by atoms with Gasteiger partial charge in [0.05, 0.1) is 10.2 Å². The second-order valence-electron chi connectivity index (χ2n) is 4.33.